The number of hydrogen-bond donors (Lipinski definition) is 2. The maximum atomic E-state index is 13.7. The van der Waals surface area contributed by atoms with Crippen LogP contribution in [0.25, 0.3) is 10.9 Å². The first-order valence-electron chi connectivity index (χ1n) is 10.8. The first kappa shape index (κ1) is 23.4. The molecule has 1 atom stereocenters. The molecule has 0 aliphatic rings. The molecule has 0 aliphatic heterocycles. The minimum absolute atomic E-state index is 0.0293. The van der Waals surface area contributed by atoms with E-state index in [1.807, 2.05) is 42.5 Å². The van der Waals surface area contributed by atoms with Gasteiger partial charge in [0.25, 0.3) is 10.0 Å². The average Bonchev–Trinajstić information content (AvgIpc) is 3.47. The smallest absolute Gasteiger partial charge is 0.252 e. The van der Waals surface area contributed by atoms with Crippen molar-refractivity contribution >= 4 is 38.0 Å². The lowest BCUT2D eigenvalue weighted by Gasteiger charge is -2.18. The summed E-state index contributed by atoms with van der Waals surface area (Å²) in [5, 5.41) is 4.28. The molecule has 2 aromatic carbocycles. The van der Waals surface area contributed by atoms with Crippen molar-refractivity contribution < 1.29 is 13.2 Å². The Bertz CT molecular complexity index is 1370. The Morgan fingerprint density at radius 2 is 1.82 bits per heavy atom. The van der Waals surface area contributed by atoms with Gasteiger partial charge in [0.2, 0.25) is 0 Å². The molecule has 8 heteroatoms. The van der Waals surface area contributed by atoms with Crippen molar-refractivity contribution in [1.82, 2.24) is 14.6 Å². The minimum atomic E-state index is -3.48. The van der Waals surface area contributed by atoms with Crippen LogP contribution in [-0.2, 0) is 23.0 Å². The van der Waals surface area contributed by atoms with Crippen LogP contribution in [0.4, 0.5) is 0 Å². The quantitative estimate of drug-likeness (QED) is 0.338. The van der Waals surface area contributed by atoms with Gasteiger partial charge in [0, 0.05) is 48.2 Å². The number of sulfonamides is 1. The summed E-state index contributed by atoms with van der Waals surface area (Å²) in [6.45, 7) is 2.47. The van der Waals surface area contributed by atoms with E-state index in [-0.39, 0.29) is 9.99 Å². The molecule has 0 fully saturated rings. The highest BCUT2D eigenvalue weighted by atomic mass is 32.2. The van der Waals surface area contributed by atoms with Crippen LogP contribution in [0.3, 0.4) is 0 Å². The Morgan fingerprint density at radius 1 is 1.06 bits per heavy atom. The van der Waals surface area contributed by atoms with Crippen LogP contribution in [0.2, 0.25) is 0 Å². The number of H-pyrrole nitrogens is 1. The number of para-hydroxylation sites is 1. The first-order chi connectivity index (χ1) is 15.8. The molecule has 0 aliphatic carbocycles. The molecule has 172 valence electrons. The summed E-state index contributed by atoms with van der Waals surface area (Å²) in [5.41, 5.74) is 3.67. The van der Waals surface area contributed by atoms with E-state index in [0.717, 1.165) is 27.8 Å². The van der Waals surface area contributed by atoms with Crippen LogP contribution >= 0.6 is 11.3 Å². The summed E-state index contributed by atoms with van der Waals surface area (Å²) in [4.78, 5) is 17.8. The Hall–Kier alpha value is -2.78. The monoisotopic (exact) mass is 481 g/mol. The van der Waals surface area contributed by atoms with E-state index in [9.17, 15) is 13.2 Å². The van der Waals surface area contributed by atoms with Crippen LogP contribution in [0.15, 0.2) is 71.1 Å². The molecule has 2 heterocycles. The molecule has 33 heavy (non-hydrogen) atoms. The number of rotatable bonds is 9. The Labute approximate surface area is 198 Å². The zero-order valence-corrected chi connectivity index (χ0v) is 20.5. The molecule has 0 bridgehead atoms. The molecule has 4 aromatic rings. The third kappa shape index (κ3) is 4.65. The van der Waals surface area contributed by atoms with E-state index in [0.29, 0.717) is 12.1 Å². The van der Waals surface area contributed by atoms with Gasteiger partial charge in [0.05, 0.1) is 6.04 Å². The van der Waals surface area contributed by atoms with Gasteiger partial charge < -0.3 is 4.98 Å². The van der Waals surface area contributed by atoms with Crippen LogP contribution in [-0.4, -0.2) is 37.6 Å². The van der Waals surface area contributed by atoms with Gasteiger partial charge in [0.1, 0.15) is 4.21 Å². The summed E-state index contributed by atoms with van der Waals surface area (Å²) in [6, 6.07) is 18.5. The summed E-state index contributed by atoms with van der Waals surface area (Å²) in [5.74, 6) is -0.0293. The number of ketones is 1. The molecule has 2 N–H and O–H groups in total. The molecule has 2 aromatic heterocycles. The van der Waals surface area contributed by atoms with Gasteiger partial charge in [-0.25, -0.2) is 12.7 Å². The number of aromatic amines is 1. The molecular formula is C25H27N3O3S2. The lowest BCUT2D eigenvalue weighted by atomic mass is 9.96. The van der Waals surface area contributed by atoms with Crippen molar-refractivity contribution in [2.24, 2.45) is 0 Å². The number of carbonyl (C=O) groups is 1. The molecule has 0 saturated heterocycles. The van der Waals surface area contributed by atoms with Gasteiger partial charge in [-0.15, -0.1) is 11.3 Å². The number of nitrogens with one attached hydrogen (secondary N) is 2. The zero-order chi connectivity index (χ0) is 23.6. The highest BCUT2D eigenvalue weighted by Gasteiger charge is 2.25. The second-order valence-electron chi connectivity index (χ2n) is 7.99. The van der Waals surface area contributed by atoms with Crippen molar-refractivity contribution in [2.45, 2.75) is 30.1 Å². The first-order valence-corrected chi connectivity index (χ1v) is 13.0. The van der Waals surface area contributed by atoms with Crippen LogP contribution in [0.5, 0.6) is 0 Å². The largest absolute Gasteiger partial charge is 0.360 e. The predicted octanol–water partition coefficient (Wildman–Crippen LogP) is 4.76. The number of Topliss-reactive ketones (excluding diaryl/α,β-unsaturated/α-hetero) is 1. The van der Waals surface area contributed by atoms with Gasteiger partial charge in [0.15, 0.2) is 5.78 Å². The molecule has 4 rings (SSSR count). The Morgan fingerprint density at radius 3 is 2.52 bits per heavy atom. The number of fused-ring (bicyclic) bond motifs is 1. The predicted molar refractivity (Wildman–Crippen MR) is 133 cm³/mol. The fraction of sp³-hybridized carbons (Fsp3) is 0.240. The molecule has 0 spiro atoms. The topological polar surface area (TPSA) is 82.3 Å². The molecule has 0 amide bonds. The van der Waals surface area contributed by atoms with E-state index in [4.69, 9.17) is 0 Å². The lowest BCUT2D eigenvalue weighted by molar-refractivity contribution is 0.0944. The minimum Gasteiger partial charge on any atom is -0.360 e. The van der Waals surface area contributed by atoms with E-state index in [1.165, 1.54) is 35.3 Å². The molecule has 6 nitrogen and oxygen atoms in total. The molecule has 0 radical (unpaired) electrons. The average molecular weight is 482 g/mol. The standard InChI is InChI=1S/C25H27N3O3S2/c1-4-17-11-8-12-20-21(16-27-23(17)20)25(29)24(18-9-6-5-7-10-18)26-15-19-13-14-22(32-19)33(30,31)28(2)3/h5-14,16,24,26-27H,4,15H2,1-3H3/t24-/m1/s1. The van der Waals surface area contributed by atoms with Crippen molar-refractivity contribution in [1.29, 1.82) is 0 Å². The number of hydrogen-bond acceptors (Lipinski definition) is 5. The van der Waals surface area contributed by atoms with Gasteiger partial charge in [-0.05, 0) is 29.7 Å². The van der Waals surface area contributed by atoms with Crippen molar-refractivity contribution in [3.8, 4) is 0 Å². The van der Waals surface area contributed by atoms with Gasteiger partial charge in [-0.2, -0.15) is 0 Å². The number of benzene rings is 2. The normalized spacial score (nSPS) is 13.0. The van der Waals surface area contributed by atoms with E-state index in [1.54, 1.807) is 18.3 Å². The number of aromatic nitrogens is 1. The van der Waals surface area contributed by atoms with Crippen LogP contribution in [0.1, 0.15) is 39.3 Å². The van der Waals surface area contributed by atoms with Crippen molar-refractivity contribution in [2.75, 3.05) is 14.1 Å². The number of aryl methyl sites for hydroxylation is 1. The van der Waals surface area contributed by atoms with Crippen LogP contribution < -0.4 is 5.32 Å². The maximum absolute atomic E-state index is 13.7. The molecular weight excluding hydrogens is 454 g/mol. The summed E-state index contributed by atoms with van der Waals surface area (Å²) in [6.07, 6.45) is 2.67. The fourth-order valence-electron chi connectivity index (χ4n) is 3.85. The number of thiophene rings is 1. The second kappa shape index (κ2) is 9.61. The van der Waals surface area contributed by atoms with E-state index >= 15 is 0 Å². The third-order valence-electron chi connectivity index (χ3n) is 5.70. The Balaban J connectivity index is 1.64. The fourth-order valence-corrected chi connectivity index (χ4v) is 6.33. The summed E-state index contributed by atoms with van der Waals surface area (Å²) < 4.78 is 26.3. The zero-order valence-electron chi connectivity index (χ0n) is 18.8. The highest BCUT2D eigenvalue weighted by Crippen LogP contribution is 2.28. The molecule has 0 saturated carbocycles. The summed E-state index contributed by atoms with van der Waals surface area (Å²) in [7, 11) is -0.444. The van der Waals surface area contributed by atoms with Crippen molar-refractivity contribution in [3.05, 3.63) is 88.4 Å². The van der Waals surface area contributed by atoms with Crippen LogP contribution in [0, 0.1) is 0 Å². The number of nitrogens with zero attached hydrogens (tertiary/aromatic N) is 1. The highest BCUT2D eigenvalue weighted by molar-refractivity contribution is 7.91. The van der Waals surface area contributed by atoms with E-state index < -0.39 is 16.1 Å². The van der Waals surface area contributed by atoms with Crippen molar-refractivity contribution in [3.63, 3.8) is 0 Å². The molecule has 0 unspecified atom stereocenters. The summed E-state index contributed by atoms with van der Waals surface area (Å²) >= 11 is 1.21. The Kier molecular flexibility index (Phi) is 6.81. The van der Waals surface area contributed by atoms with Gasteiger partial charge >= 0.3 is 0 Å². The lowest BCUT2D eigenvalue weighted by Crippen LogP contribution is -2.28. The van der Waals surface area contributed by atoms with Gasteiger partial charge in [-0.1, -0.05) is 55.5 Å². The second-order valence-corrected chi connectivity index (χ2v) is 11.5. The number of carbonyl (C=O) groups excluding carboxylic acids is 1. The SMILES string of the molecule is CCc1cccc2c(C(=O)[C@H](NCc3ccc(S(=O)(=O)N(C)C)s3)c3ccccc3)c[nH]c12. The maximum Gasteiger partial charge on any atom is 0.252 e. The third-order valence-corrected chi connectivity index (χ3v) is 9.06. The van der Waals surface area contributed by atoms with E-state index in [2.05, 4.69) is 23.3 Å². The van der Waals surface area contributed by atoms with Gasteiger partial charge in [-0.3, -0.25) is 10.1 Å².